The third kappa shape index (κ3) is 4.36. The number of carboxylic acids is 1. The van der Waals surface area contributed by atoms with Crippen LogP contribution in [0.2, 0.25) is 5.02 Å². The number of nitriles is 1. The maximum atomic E-state index is 11.9. The number of amides is 2. The lowest BCUT2D eigenvalue weighted by Crippen LogP contribution is -2.40. The number of anilines is 1. The van der Waals surface area contributed by atoms with Crippen molar-refractivity contribution in [1.82, 2.24) is 5.32 Å². The molecule has 0 spiro atoms. The van der Waals surface area contributed by atoms with Crippen molar-refractivity contribution in [2.75, 3.05) is 5.32 Å². The maximum absolute atomic E-state index is 11.9. The summed E-state index contributed by atoms with van der Waals surface area (Å²) in [6, 6.07) is 5.56. The van der Waals surface area contributed by atoms with Crippen LogP contribution in [0.1, 0.15) is 24.8 Å². The van der Waals surface area contributed by atoms with Crippen molar-refractivity contribution in [3.8, 4) is 6.07 Å². The van der Waals surface area contributed by atoms with Crippen molar-refractivity contribution in [2.24, 2.45) is 5.92 Å². The van der Waals surface area contributed by atoms with Gasteiger partial charge in [-0.3, -0.25) is 4.79 Å². The van der Waals surface area contributed by atoms with Gasteiger partial charge >= 0.3 is 12.0 Å². The minimum atomic E-state index is -0.951. The lowest BCUT2D eigenvalue weighted by Gasteiger charge is -2.17. The summed E-state index contributed by atoms with van der Waals surface area (Å²) in [4.78, 5) is 22.7. The molecule has 1 fully saturated rings. The minimum absolute atomic E-state index is 0.112. The number of hydrogen-bond acceptors (Lipinski definition) is 3. The van der Waals surface area contributed by atoms with E-state index in [2.05, 4.69) is 10.6 Å². The first-order chi connectivity index (χ1) is 9.99. The molecular formula is C14H14ClN3O3. The number of urea groups is 1. The number of halogens is 1. The monoisotopic (exact) mass is 307 g/mol. The Labute approximate surface area is 126 Å². The predicted molar refractivity (Wildman–Crippen MR) is 77.1 cm³/mol. The Balaban J connectivity index is 2.02. The first kappa shape index (κ1) is 15.1. The highest BCUT2D eigenvalue weighted by Crippen LogP contribution is 2.34. The van der Waals surface area contributed by atoms with Crippen LogP contribution in [-0.2, 0) is 4.79 Å². The standard InChI is InChI=1S/C14H14ClN3O3/c15-10-4-3-9(7-16)11(5-10)17-14(21)18-12(6-13(19)20)8-1-2-8/h3-5,8,12H,1-2,6H2,(H,19,20)(H2,17,18,21). The van der Waals surface area contributed by atoms with Gasteiger partial charge in [0.1, 0.15) is 6.07 Å². The number of hydrogen-bond donors (Lipinski definition) is 3. The summed E-state index contributed by atoms with van der Waals surface area (Å²) in [5, 5.41) is 23.4. The number of benzene rings is 1. The van der Waals surface area contributed by atoms with Crippen LogP contribution in [0, 0.1) is 17.2 Å². The molecule has 0 aromatic heterocycles. The molecule has 7 heteroatoms. The second-order valence-corrected chi connectivity index (χ2v) is 5.38. The van der Waals surface area contributed by atoms with Gasteiger partial charge in [0.15, 0.2) is 0 Å². The van der Waals surface area contributed by atoms with Crippen molar-refractivity contribution in [3.05, 3.63) is 28.8 Å². The maximum Gasteiger partial charge on any atom is 0.319 e. The Morgan fingerprint density at radius 1 is 1.48 bits per heavy atom. The van der Waals surface area contributed by atoms with Crippen LogP contribution in [0.15, 0.2) is 18.2 Å². The van der Waals surface area contributed by atoms with Gasteiger partial charge in [-0.25, -0.2) is 4.79 Å². The molecular weight excluding hydrogens is 294 g/mol. The van der Waals surface area contributed by atoms with E-state index < -0.39 is 18.0 Å². The molecule has 0 bridgehead atoms. The number of nitrogens with zero attached hydrogens (tertiary/aromatic N) is 1. The number of carbonyl (C=O) groups excluding carboxylic acids is 1. The van der Waals surface area contributed by atoms with E-state index in [-0.39, 0.29) is 17.9 Å². The van der Waals surface area contributed by atoms with Crippen LogP contribution in [-0.4, -0.2) is 23.1 Å². The third-order valence-corrected chi connectivity index (χ3v) is 3.49. The fraction of sp³-hybridized carbons (Fsp3) is 0.357. The minimum Gasteiger partial charge on any atom is -0.481 e. The van der Waals surface area contributed by atoms with Crippen molar-refractivity contribution in [2.45, 2.75) is 25.3 Å². The zero-order valence-electron chi connectivity index (χ0n) is 11.1. The fourth-order valence-electron chi connectivity index (χ4n) is 2.07. The van der Waals surface area contributed by atoms with Crippen LogP contribution in [0.25, 0.3) is 0 Å². The Morgan fingerprint density at radius 2 is 2.19 bits per heavy atom. The summed E-state index contributed by atoms with van der Waals surface area (Å²) in [7, 11) is 0. The summed E-state index contributed by atoms with van der Waals surface area (Å²) in [5.41, 5.74) is 0.586. The average Bonchev–Trinajstić information content (AvgIpc) is 3.21. The Kier molecular flexibility index (Phi) is 4.66. The molecule has 2 rings (SSSR count). The lowest BCUT2D eigenvalue weighted by atomic mass is 10.1. The van der Waals surface area contributed by atoms with E-state index >= 15 is 0 Å². The second kappa shape index (κ2) is 6.46. The molecule has 1 unspecified atom stereocenters. The molecule has 1 saturated carbocycles. The number of aliphatic carboxylic acids is 1. The quantitative estimate of drug-likeness (QED) is 0.778. The molecule has 1 atom stereocenters. The number of nitrogens with one attached hydrogen (secondary N) is 2. The topological polar surface area (TPSA) is 102 Å². The van der Waals surface area contributed by atoms with Crippen molar-refractivity contribution in [3.63, 3.8) is 0 Å². The molecule has 0 saturated heterocycles. The molecule has 1 aliphatic carbocycles. The molecule has 0 heterocycles. The van der Waals surface area contributed by atoms with E-state index in [1.54, 1.807) is 6.07 Å². The zero-order valence-corrected chi connectivity index (χ0v) is 11.9. The molecule has 0 radical (unpaired) electrons. The van der Waals surface area contributed by atoms with Crippen molar-refractivity contribution >= 4 is 29.3 Å². The summed E-state index contributed by atoms with van der Waals surface area (Å²) in [6.45, 7) is 0. The first-order valence-corrected chi connectivity index (χ1v) is 6.86. The summed E-state index contributed by atoms with van der Waals surface area (Å²) >= 11 is 5.83. The smallest absolute Gasteiger partial charge is 0.319 e. The number of carboxylic acid groups (broad SMARTS) is 1. The Hall–Kier alpha value is -2.26. The zero-order chi connectivity index (χ0) is 15.4. The van der Waals surface area contributed by atoms with E-state index in [4.69, 9.17) is 22.0 Å². The van der Waals surface area contributed by atoms with Crippen LogP contribution in [0.3, 0.4) is 0 Å². The molecule has 1 aromatic carbocycles. The molecule has 0 aliphatic heterocycles. The van der Waals surface area contributed by atoms with E-state index in [0.717, 1.165) is 12.8 Å². The average molecular weight is 308 g/mol. The number of carbonyl (C=O) groups is 2. The van der Waals surface area contributed by atoms with Gasteiger partial charge in [0.2, 0.25) is 0 Å². The largest absolute Gasteiger partial charge is 0.481 e. The van der Waals surface area contributed by atoms with Crippen molar-refractivity contribution < 1.29 is 14.7 Å². The summed E-state index contributed by atoms with van der Waals surface area (Å²) < 4.78 is 0. The SMILES string of the molecule is N#Cc1ccc(Cl)cc1NC(=O)NC(CC(=O)O)C1CC1. The lowest BCUT2D eigenvalue weighted by molar-refractivity contribution is -0.137. The van der Waals surface area contributed by atoms with Gasteiger partial charge in [-0.2, -0.15) is 5.26 Å². The van der Waals surface area contributed by atoms with E-state index in [1.165, 1.54) is 12.1 Å². The van der Waals surface area contributed by atoms with E-state index in [1.807, 2.05) is 6.07 Å². The van der Waals surface area contributed by atoms with Gasteiger partial charge in [0.05, 0.1) is 17.7 Å². The predicted octanol–water partition coefficient (Wildman–Crippen LogP) is 2.59. The van der Waals surface area contributed by atoms with Crippen molar-refractivity contribution in [1.29, 1.82) is 5.26 Å². The molecule has 2 amide bonds. The van der Waals surface area contributed by atoms with E-state index in [9.17, 15) is 9.59 Å². The highest BCUT2D eigenvalue weighted by molar-refractivity contribution is 6.31. The highest BCUT2D eigenvalue weighted by atomic mass is 35.5. The molecule has 1 aliphatic rings. The molecule has 6 nitrogen and oxygen atoms in total. The van der Waals surface area contributed by atoms with Gasteiger partial charge in [-0.05, 0) is 37.0 Å². The summed E-state index contributed by atoms with van der Waals surface area (Å²) in [6.07, 6.45) is 1.72. The highest BCUT2D eigenvalue weighted by Gasteiger charge is 2.33. The van der Waals surface area contributed by atoms with Gasteiger partial charge in [-0.15, -0.1) is 0 Å². The number of rotatable bonds is 5. The molecule has 1 aromatic rings. The van der Waals surface area contributed by atoms with Gasteiger partial charge in [0, 0.05) is 11.1 Å². The van der Waals surface area contributed by atoms with Crippen LogP contribution >= 0.6 is 11.6 Å². The van der Waals surface area contributed by atoms with Crippen LogP contribution < -0.4 is 10.6 Å². The van der Waals surface area contributed by atoms with E-state index in [0.29, 0.717) is 10.7 Å². The molecule has 3 N–H and O–H groups in total. The first-order valence-electron chi connectivity index (χ1n) is 6.48. The fourth-order valence-corrected chi connectivity index (χ4v) is 2.24. The summed E-state index contributed by atoms with van der Waals surface area (Å²) in [5.74, 6) is -0.741. The third-order valence-electron chi connectivity index (χ3n) is 3.25. The second-order valence-electron chi connectivity index (χ2n) is 4.94. The normalized spacial score (nSPS) is 14.9. The van der Waals surface area contributed by atoms with Gasteiger partial charge in [-0.1, -0.05) is 11.6 Å². The van der Waals surface area contributed by atoms with Gasteiger partial charge in [0.25, 0.3) is 0 Å². The Morgan fingerprint density at radius 3 is 2.76 bits per heavy atom. The van der Waals surface area contributed by atoms with Crippen LogP contribution in [0.4, 0.5) is 10.5 Å². The molecule has 110 valence electrons. The Bertz CT molecular complexity index is 608. The molecule has 21 heavy (non-hydrogen) atoms. The van der Waals surface area contributed by atoms with Crippen LogP contribution in [0.5, 0.6) is 0 Å². The van der Waals surface area contributed by atoms with Gasteiger partial charge < -0.3 is 15.7 Å².